The third-order valence-corrected chi connectivity index (χ3v) is 5.25. The Morgan fingerprint density at radius 1 is 1.05 bits per heavy atom. The maximum Gasteiger partial charge on any atom is 0.264 e. The first-order chi connectivity index (χ1) is 9.48. The van der Waals surface area contributed by atoms with E-state index in [1.165, 1.54) is 11.4 Å². The number of aliphatic hydroxyl groups is 1. The predicted molar refractivity (Wildman–Crippen MR) is 79.1 cm³/mol. The lowest BCUT2D eigenvalue weighted by Crippen LogP contribution is -2.27. The summed E-state index contributed by atoms with van der Waals surface area (Å²) in [7, 11) is -2.11. The van der Waals surface area contributed by atoms with Crippen LogP contribution >= 0.6 is 0 Å². The van der Waals surface area contributed by atoms with Crippen LogP contribution in [0.3, 0.4) is 0 Å². The van der Waals surface area contributed by atoms with Crippen molar-refractivity contribution in [2.24, 2.45) is 0 Å². The van der Waals surface area contributed by atoms with E-state index in [1.54, 1.807) is 49.4 Å². The van der Waals surface area contributed by atoms with E-state index in [1.807, 2.05) is 6.07 Å². The average molecular weight is 291 g/mol. The van der Waals surface area contributed by atoms with E-state index in [9.17, 15) is 13.5 Å². The van der Waals surface area contributed by atoms with Gasteiger partial charge in [0, 0.05) is 7.05 Å². The first-order valence-corrected chi connectivity index (χ1v) is 7.66. The molecule has 2 aromatic rings. The van der Waals surface area contributed by atoms with Crippen LogP contribution in [0.15, 0.2) is 53.4 Å². The Kier molecular flexibility index (Phi) is 4.11. The molecule has 106 valence electrons. The van der Waals surface area contributed by atoms with E-state index < -0.39 is 10.0 Å². The second-order valence-electron chi connectivity index (χ2n) is 4.51. The van der Waals surface area contributed by atoms with E-state index in [2.05, 4.69) is 0 Å². The lowest BCUT2D eigenvalue weighted by Gasteiger charge is -2.21. The van der Waals surface area contributed by atoms with Crippen LogP contribution in [0.1, 0.15) is 11.1 Å². The number of sulfonamides is 1. The molecule has 20 heavy (non-hydrogen) atoms. The highest BCUT2D eigenvalue weighted by atomic mass is 32.2. The Hall–Kier alpha value is -1.85. The largest absolute Gasteiger partial charge is 0.392 e. The molecule has 0 aromatic heterocycles. The van der Waals surface area contributed by atoms with Crippen molar-refractivity contribution < 1.29 is 13.5 Å². The van der Waals surface area contributed by atoms with Crippen molar-refractivity contribution in [3.63, 3.8) is 0 Å². The molecule has 0 heterocycles. The number of rotatable bonds is 4. The van der Waals surface area contributed by atoms with Crippen molar-refractivity contribution in [2.45, 2.75) is 18.4 Å². The van der Waals surface area contributed by atoms with Crippen molar-refractivity contribution in [3.05, 3.63) is 59.7 Å². The van der Waals surface area contributed by atoms with Gasteiger partial charge < -0.3 is 5.11 Å². The fraction of sp³-hybridized carbons (Fsp3) is 0.200. The van der Waals surface area contributed by atoms with Crippen LogP contribution in [-0.2, 0) is 16.6 Å². The van der Waals surface area contributed by atoms with Crippen molar-refractivity contribution in [2.75, 3.05) is 11.4 Å². The van der Waals surface area contributed by atoms with Gasteiger partial charge >= 0.3 is 0 Å². The van der Waals surface area contributed by atoms with Crippen LogP contribution in [0.4, 0.5) is 5.69 Å². The maximum atomic E-state index is 12.7. The summed E-state index contributed by atoms with van der Waals surface area (Å²) >= 11 is 0. The molecule has 0 radical (unpaired) electrons. The molecular formula is C15H17NO3S. The molecule has 1 N–H and O–H groups in total. The van der Waals surface area contributed by atoms with Crippen molar-refractivity contribution in [1.82, 2.24) is 0 Å². The molecule has 0 saturated carbocycles. The molecule has 0 atom stereocenters. The van der Waals surface area contributed by atoms with Crippen molar-refractivity contribution >= 4 is 15.7 Å². The van der Waals surface area contributed by atoms with Crippen molar-refractivity contribution in [1.29, 1.82) is 0 Å². The Balaban J connectivity index is 2.51. The molecule has 2 aromatic carbocycles. The van der Waals surface area contributed by atoms with Crippen LogP contribution in [0, 0.1) is 6.92 Å². The number of para-hydroxylation sites is 1. The molecule has 0 aliphatic rings. The van der Waals surface area contributed by atoms with Gasteiger partial charge in [0.05, 0.1) is 17.2 Å². The SMILES string of the molecule is Cc1c(CO)cccc1S(=O)(=O)N(C)c1ccccc1. The van der Waals surface area contributed by atoms with Gasteiger partial charge in [0.2, 0.25) is 0 Å². The molecule has 0 fully saturated rings. The highest BCUT2D eigenvalue weighted by Crippen LogP contribution is 2.25. The average Bonchev–Trinajstić information content (AvgIpc) is 2.47. The summed E-state index contributed by atoms with van der Waals surface area (Å²) in [5.41, 5.74) is 1.80. The van der Waals surface area contributed by atoms with Gasteiger partial charge in [-0.25, -0.2) is 8.42 Å². The van der Waals surface area contributed by atoms with Gasteiger partial charge in [0.25, 0.3) is 10.0 Å². The summed E-state index contributed by atoms with van der Waals surface area (Å²) in [6.45, 7) is 1.53. The zero-order valence-electron chi connectivity index (χ0n) is 11.4. The van der Waals surface area contributed by atoms with Crippen LogP contribution in [-0.4, -0.2) is 20.6 Å². The first kappa shape index (κ1) is 14.6. The summed E-state index contributed by atoms with van der Waals surface area (Å²) in [4.78, 5) is 0.218. The Morgan fingerprint density at radius 3 is 2.30 bits per heavy atom. The molecule has 0 aliphatic carbocycles. The molecule has 2 rings (SSSR count). The lowest BCUT2D eigenvalue weighted by atomic mass is 10.1. The summed E-state index contributed by atoms with van der Waals surface area (Å²) in [6.07, 6.45) is 0. The molecule has 0 bridgehead atoms. The third-order valence-electron chi connectivity index (χ3n) is 3.32. The maximum absolute atomic E-state index is 12.7. The monoisotopic (exact) mass is 291 g/mol. The third kappa shape index (κ3) is 2.55. The number of anilines is 1. The predicted octanol–water partition coefficient (Wildman–Crippen LogP) is 2.31. The summed E-state index contributed by atoms with van der Waals surface area (Å²) in [6, 6.07) is 13.8. The Labute approximate surface area is 119 Å². The fourth-order valence-electron chi connectivity index (χ4n) is 2.03. The van der Waals surface area contributed by atoms with E-state index in [4.69, 9.17) is 0 Å². The van der Waals surface area contributed by atoms with Crippen LogP contribution in [0.2, 0.25) is 0 Å². The second-order valence-corrected chi connectivity index (χ2v) is 6.44. The minimum Gasteiger partial charge on any atom is -0.392 e. The number of benzene rings is 2. The molecule has 5 heteroatoms. The molecule has 0 aliphatic heterocycles. The normalized spacial score (nSPS) is 11.3. The summed E-state index contributed by atoms with van der Waals surface area (Å²) in [5.74, 6) is 0. The second kappa shape index (κ2) is 5.64. The highest BCUT2D eigenvalue weighted by molar-refractivity contribution is 7.92. The highest BCUT2D eigenvalue weighted by Gasteiger charge is 2.23. The van der Waals surface area contributed by atoms with Gasteiger partial charge in [0.15, 0.2) is 0 Å². The minimum absolute atomic E-state index is 0.176. The van der Waals surface area contributed by atoms with Crippen LogP contribution < -0.4 is 4.31 Å². The van der Waals surface area contributed by atoms with E-state index in [0.717, 1.165) is 0 Å². The van der Waals surface area contributed by atoms with Crippen molar-refractivity contribution in [3.8, 4) is 0 Å². The van der Waals surface area contributed by atoms with Gasteiger partial charge in [-0.15, -0.1) is 0 Å². The van der Waals surface area contributed by atoms with Gasteiger partial charge in [-0.1, -0.05) is 30.3 Å². The lowest BCUT2D eigenvalue weighted by molar-refractivity contribution is 0.280. The van der Waals surface area contributed by atoms with Gasteiger partial charge in [-0.05, 0) is 36.2 Å². The van der Waals surface area contributed by atoms with E-state index in [-0.39, 0.29) is 11.5 Å². The summed E-state index contributed by atoms with van der Waals surface area (Å²) < 4.78 is 26.6. The number of aliphatic hydroxyl groups excluding tert-OH is 1. The topological polar surface area (TPSA) is 57.6 Å². The van der Waals surface area contributed by atoms with Gasteiger partial charge in [0.1, 0.15) is 0 Å². The molecule has 0 unspecified atom stereocenters. The van der Waals surface area contributed by atoms with E-state index >= 15 is 0 Å². The van der Waals surface area contributed by atoms with Crippen LogP contribution in [0.5, 0.6) is 0 Å². The first-order valence-electron chi connectivity index (χ1n) is 6.22. The molecule has 0 saturated heterocycles. The quantitative estimate of drug-likeness (QED) is 0.940. The Bertz CT molecular complexity index is 696. The standard InChI is InChI=1S/C15H17NO3S/c1-12-13(11-17)7-6-10-15(12)20(18,19)16(2)14-8-4-3-5-9-14/h3-10,17H,11H2,1-2H3. The Morgan fingerprint density at radius 2 is 1.70 bits per heavy atom. The molecule has 0 amide bonds. The van der Waals surface area contributed by atoms with Gasteiger partial charge in [-0.3, -0.25) is 4.31 Å². The molecule has 4 nitrogen and oxygen atoms in total. The summed E-state index contributed by atoms with van der Waals surface area (Å²) in [5, 5.41) is 9.26. The zero-order valence-corrected chi connectivity index (χ0v) is 12.3. The van der Waals surface area contributed by atoms with E-state index in [0.29, 0.717) is 16.8 Å². The number of hydrogen-bond donors (Lipinski definition) is 1. The fourth-order valence-corrected chi connectivity index (χ4v) is 3.50. The number of nitrogens with zero attached hydrogens (tertiary/aromatic N) is 1. The van der Waals surface area contributed by atoms with Gasteiger partial charge in [-0.2, -0.15) is 0 Å². The smallest absolute Gasteiger partial charge is 0.264 e. The zero-order chi connectivity index (χ0) is 14.8. The minimum atomic E-state index is -3.63. The number of hydrogen-bond acceptors (Lipinski definition) is 3. The molecular weight excluding hydrogens is 274 g/mol. The van der Waals surface area contributed by atoms with Crippen LogP contribution in [0.25, 0.3) is 0 Å². The molecule has 0 spiro atoms.